The van der Waals surface area contributed by atoms with E-state index in [0.29, 0.717) is 27.9 Å². The molecule has 0 bridgehead atoms. The summed E-state index contributed by atoms with van der Waals surface area (Å²) >= 11 is 12.1. The summed E-state index contributed by atoms with van der Waals surface area (Å²) in [7, 11) is 1.55. The van der Waals surface area contributed by atoms with Gasteiger partial charge in [-0.3, -0.25) is 0 Å². The van der Waals surface area contributed by atoms with Crippen LogP contribution in [0.1, 0.15) is 11.4 Å². The minimum absolute atomic E-state index is 0.0546. The first-order chi connectivity index (χ1) is 14.0. The van der Waals surface area contributed by atoms with Gasteiger partial charge in [0.1, 0.15) is 17.3 Å². The molecule has 0 amide bonds. The Balaban J connectivity index is 1.81. The zero-order valence-corrected chi connectivity index (χ0v) is 16.5. The Hall–Kier alpha value is -3.23. The molecule has 0 spiro atoms. The van der Waals surface area contributed by atoms with Crippen molar-refractivity contribution < 1.29 is 13.8 Å². The van der Waals surface area contributed by atoms with Gasteiger partial charge in [0.15, 0.2) is 5.82 Å². The number of hydrogen-bond donors (Lipinski definition) is 2. The summed E-state index contributed by atoms with van der Waals surface area (Å²) in [5.41, 5.74) is 2.83. The third kappa shape index (κ3) is 3.98. The van der Waals surface area contributed by atoms with E-state index in [-0.39, 0.29) is 5.02 Å². The van der Waals surface area contributed by atoms with Crippen molar-refractivity contribution in [2.75, 3.05) is 7.11 Å². The standard InChI is InChI=1S/C19H13Cl2FN6O/c1-29-17-6-4-13(9-15(17)21)28-10-12(3-7-18-23-26-27-24-18)19(25-28)11-2-5-14(20)16(22)8-11/h2-10H,1H3,(H,23,24,26,27)/p+1. The highest BCUT2D eigenvalue weighted by Crippen LogP contribution is 2.28. The van der Waals surface area contributed by atoms with Crippen LogP contribution in [-0.2, 0) is 0 Å². The average Bonchev–Trinajstić information content (AvgIpc) is 3.38. The summed E-state index contributed by atoms with van der Waals surface area (Å²) < 4.78 is 21.0. The Morgan fingerprint density at radius 2 is 1.97 bits per heavy atom. The van der Waals surface area contributed by atoms with Gasteiger partial charge in [0.25, 0.3) is 0 Å². The molecule has 0 atom stereocenters. The van der Waals surface area contributed by atoms with Crippen molar-refractivity contribution in [1.82, 2.24) is 25.7 Å². The van der Waals surface area contributed by atoms with Gasteiger partial charge in [-0.1, -0.05) is 34.0 Å². The van der Waals surface area contributed by atoms with Crippen LogP contribution in [0.2, 0.25) is 10.0 Å². The summed E-state index contributed by atoms with van der Waals surface area (Å²) in [5.74, 6) is 0.476. The van der Waals surface area contributed by atoms with E-state index in [0.717, 1.165) is 11.3 Å². The number of H-pyrrole nitrogens is 2. The van der Waals surface area contributed by atoms with Gasteiger partial charge in [-0.2, -0.15) is 10.3 Å². The van der Waals surface area contributed by atoms with Crippen molar-refractivity contribution in [3.63, 3.8) is 0 Å². The zero-order chi connectivity index (χ0) is 20.4. The lowest BCUT2D eigenvalue weighted by atomic mass is 10.1. The Labute approximate surface area is 174 Å². The predicted octanol–water partition coefficient (Wildman–Crippen LogP) is 4.10. The Morgan fingerprint density at radius 3 is 2.66 bits per heavy atom. The van der Waals surface area contributed by atoms with Crippen LogP contribution in [0.3, 0.4) is 0 Å². The lowest BCUT2D eigenvalue weighted by molar-refractivity contribution is -0.654. The molecule has 0 aliphatic carbocycles. The van der Waals surface area contributed by atoms with Crippen molar-refractivity contribution in [2.24, 2.45) is 0 Å². The van der Waals surface area contributed by atoms with Gasteiger partial charge in [-0.05, 0) is 35.6 Å². The lowest BCUT2D eigenvalue weighted by Crippen LogP contribution is -2.31. The summed E-state index contributed by atoms with van der Waals surface area (Å²) in [6.07, 6.45) is 5.33. The normalized spacial score (nSPS) is 11.3. The molecule has 4 rings (SSSR count). The Morgan fingerprint density at radius 1 is 1.10 bits per heavy atom. The summed E-state index contributed by atoms with van der Waals surface area (Å²) in [6.45, 7) is 0. The maximum atomic E-state index is 14.0. The third-order valence-electron chi connectivity index (χ3n) is 4.18. The first-order valence-corrected chi connectivity index (χ1v) is 9.16. The van der Waals surface area contributed by atoms with E-state index in [9.17, 15) is 4.39 Å². The SMILES string of the molecule is COc1ccc(-[n+]2cc(C=Cc3nn[nH]n3)c(-c3ccc(Cl)c(F)c3)[nH]2)cc1Cl. The van der Waals surface area contributed by atoms with Gasteiger partial charge >= 0.3 is 0 Å². The molecule has 2 N–H and O–H groups in total. The molecule has 146 valence electrons. The van der Waals surface area contributed by atoms with Gasteiger partial charge in [0, 0.05) is 17.7 Å². The molecule has 2 aromatic carbocycles. The summed E-state index contributed by atoms with van der Waals surface area (Å²) in [5, 5.41) is 17.5. The van der Waals surface area contributed by atoms with Crippen LogP contribution in [0.4, 0.5) is 4.39 Å². The fourth-order valence-electron chi connectivity index (χ4n) is 2.78. The Bertz CT molecular complexity index is 1190. The number of nitrogens with one attached hydrogen (secondary N) is 2. The van der Waals surface area contributed by atoms with Gasteiger partial charge in [0.2, 0.25) is 11.9 Å². The molecular weight excluding hydrogens is 418 g/mol. The number of benzene rings is 2. The van der Waals surface area contributed by atoms with Crippen LogP contribution < -0.4 is 9.42 Å². The van der Waals surface area contributed by atoms with Crippen molar-refractivity contribution in [3.8, 4) is 22.7 Å². The maximum absolute atomic E-state index is 14.0. The number of ether oxygens (including phenoxy) is 1. The highest BCUT2D eigenvalue weighted by Gasteiger charge is 2.19. The second-order valence-corrected chi connectivity index (χ2v) is 6.81. The van der Waals surface area contributed by atoms with E-state index in [1.807, 2.05) is 12.3 Å². The number of hydrogen-bond acceptors (Lipinski definition) is 4. The topological polar surface area (TPSA) is 83.4 Å². The fourth-order valence-corrected chi connectivity index (χ4v) is 3.15. The van der Waals surface area contributed by atoms with Crippen LogP contribution in [0, 0.1) is 5.82 Å². The number of aromatic nitrogens is 6. The van der Waals surface area contributed by atoms with Crippen molar-refractivity contribution in [1.29, 1.82) is 0 Å². The molecule has 0 saturated heterocycles. The second-order valence-electron chi connectivity index (χ2n) is 5.99. The van der Waals surface area contributed by atoms with Crippen LogP contribution in [0.5, 0.6) is 5.75 Å². The monoisotopic (exact) mass is 431 g/mol. The average molecular weight is 432 g/mol. The maximum Gasteiger partial charge on any atom is 0.237 e. The number of tetrazole rings is 1. The molecule has 0 aliphatic rings. The molecule has 2 heterocycles. The van der Waals surface area contributed by atoms with Crippen LogP contribution in [-0.4, -0.2) is 32.8 Å². The molecule has 29 heavy (non-hydrogen) atoms. The van der Waals surface area contributed by atoms with Crippen molar-refractivity contribution >= 4 is 35.4 Å². The quantitative estimate of drug-likeness (QED) is 0.466. The van der Waals surface area contributed by atoms with E-state index < -0.39 is 5.82 Å². The molecule has 0 fully saturated rings. The Kier molecular flexibility index (Phi) is 5.28. The number of halogens is 3. The van der Waals surface area contributed by atoms with Gasteiger partial charge in [0.05, 0.1) is 22.7 Å². The highest BCUT2D eigenvalue weighted by atomic mass is 35.5. The summed E-state index contributed by atoms with van der Waals surface area (Å²) in [4.78, 5) is 0. The van der Waals surface area contributed by atoms with Gasteiger partial charge in [-0.15, -0.1) is 10.2 Å². The molecule has 7 nitrogen and oxygen atoms in total. The minimum Gasteiger partial charge on any atom is -0.495 e. The van der Waals surface area contributed by atoms with E-state index in [2.05, 4.69) is 25.7 Å². The second kappa shape index (κ2) is 8.02. The highest BCUT2D eigenvalue weighted by molar-refractivity contribution is 6.32. The first kappa shape index (κ1) is 19.1. The van der Waals surface area contributed by atoms with E-state index in [1.165, 1.54) is 12.1 Å². The number of methoxy groups -OCH3 is 1. The molecule has 0 radical (unpaired) electrons. The molecule has 10 heteroatoms. The van der Waals surface area contributed by atoms with E-state index in [1.54, 1.807) is 42.1 Å². The molecule has 2 aromatic heterocycles. The summed E-state index contributed by atoms with van der Waals surface area (Å²) in [6, 6.07) is 9.98. The van der Waals surface area contributed by atoms with E-state index in [4.69, 9.17) is 27.9 Å². The smallest absolute Gasteiger partial charge is 0.237 e. The van der Waals surface area contributed by atoms with Crippen molar-refractivity contribution in [3.05, 3.63) is 69.8 Å². The molecular formula is C19H14Cl2FN6O+. The minimum atomic E-state index is -0.508. The van der Waals surface area contributed by atoms with Crippen LogP contribution >= 0.6 is 23.2 Å². The number of rotatable bonds is 5. The molecule has 0 aliphatic heterocycles. The molecule has 0 saturated carbocycles. The number of aromatic amines is 2. The fraction of sp³-hybridized carbons (Fsp3) is 0.0526. The number of nitrogens with zero attached hydrogens (tertiary/aromatic N) is 4. The molecule has 4 aromatic rings. The van der Waals surface area contributed by atoms with Crippen LogP contribution in [0.25, 0.3) is 29.1 Å². The lowest BCUT2D eigenvalue weighted by Gasteiger charge is -2.01. The first-order valence-electron chi connectivity index (χ1n) is 8.40. The van der Waals surface area contributed by atoms with Crippen molar-refractivity contribution in [2.45, 2.75) is 0 Å². The zero-order valence-electron chi connectivity index (χ0n) is 15.0. The largest absolute Gasteiger partial charge is 0.495 e. The van der Waals surface area contributed by atoms with Crippen LogP contribution in [0.15, 0.2) is 42.6 Å². The molecule has 0 unspecified atom stereocenters. The van der Waals surface area contributed by atoms with E-state index >= 15 is 0 Å². The predicted molar refractivity (Wildman–Crippen MR) is 107 cm³/mol. The van der Waals surface area contributed by atoms with Gasteiger partial charge < -0.3 is 4.74 Å². The van der Waals surface area contributed by atoms with Gasteiger partial charge in [-0.25, -0.2) is 4.39 Å². The third-order valence-corrected chi connectivity index (χ3v) is 4.79.